The van der Waals surface area contributed by atoms with E-state index in [9.17, 15) is 4.79 Å². The predicted octanol–water partition coefficient (Wildman–Crippen LogP) is 6.65. The summed E-state index contributed by atoms with van der Waals surface area (Å²) in [5.74, 6) is 1.32. The van der Waals surface area contributed by atoms with Crippen LogP contribution in [0.25, 0.3) is 0 Å². The summed E-state index contributed by atoms with van der Waals surface area (Å²) >= 11 is 17.8. The number of ether oxygens (including phenoxy) is 2. The fourth-order valence-electron chi connectivity index (χ4n) is 4.36. The lowest BCUT2D eigenvalue weighted by atomic mass is 9.90. The van der Waals surface area contributed by atoms with E-state index in [4.69, 9.17) is 44.9 Å². The molecular weight excluding hydrogens is 515 g/mol. The maximum absolute atomic E-state index is 12.3. The van der Waals surface area contributed by atoms with Crippen LogP contribution in [0, 0.1) is 5.92 Å². The molecule has 8 heteroatoms. The van der Waals surface area contributed by atoms with Crippen LogP contribution in [-0.4, -0.2) is 42.6 Å². The molecule has 36 heavy (non-hydrogen) atoms. The van der Waals surface area contributed by atoms with Crippen molar-refractivity contribution in [1.82, 2.24) is 4.90 Å². The third-order valence-electron chi connectivity index (χ3n) is 6.18. The van der Waals surface area contributed by atoms with Gasteiger partial charge in [-0.3, -0.25) is 4.79 Å². The molecule has 0 aromatic heterocycles. The molecule has 0 spiro atoms. The number of carbonyl (C=O) groups is 1. The van der Waals surface area contributed by atoms with Gasteiger partial charge in [-0.1, -0.05) is 65.8 Å². The van der Waals surface area contributed by atoms with Crippen LogP contribution in [0.1, 0.15) is 24.0 Å². The molecule has 1 N–H and O–H groups in total. The summed E-state index contributed by atoms with van der Waals surface area (Å²) in [6.45, 7) is 1.67. The Morgan fingerprint density at radius 1 is 1.00 bits per heavy atom. The van der Waals surface area contributed by atoms with Crippen LogP contribution in [0.4, 0.5) is 5.69 Å². The van der Waals surface area contributed by atoms with Gasteiger partial charge in [0.05, 0.1) is 7.11 Å². The number of hydrogen-bond acceptors (Lipinski definition) is 4. The van der Waals surface area contributed by atoms with E-state index in [2.05, 4.69) is 40.5 Å². The normalized spacial score (nSPS) is 13.8. The molecular formula is C28H28Cl2N2O3S. The van der Waals surface area contributed by atoms with Gasteiger partial charge in [-0.05, 0) is 67.1 Å². The highest BCUT2D eigenvalue weighted by Crippen LogP contribution is 2.30. The van der Waals surface area contributed by atoms with Crippen molar-refractivity contribution in [3.05, 3.63) is 87.9 Å². The highest BCUT2D eigenvalue weighted by molar-refractivity contribution is 7.80. The van der Waals surface area contributed by atoms with Gasteiger partial charge in [0.2, 0.25) is 0 Å². The second kappa shape index (κ2) is 12.4. The minimum atomic E-state index is -0.339. The van der Waals surface area contributed by atoms with E-state index >= 15 is 0 Å². The Bertz CT molecular complexity index is 1190. The van der Waals surface area contributed by atoms with E-state index in [0.29, 0.717) is 33.1 Å². The zero-order valence-electron chi connectivity index (χ0n) is 20.0. The Hall–Kier alpha value is -2.80. The van der Waals surface area contributed by atoms with Gasteiger partial charge in [-0.15, -0.1) is 0 Å². The Balaban J connectivity index is 1.31. The van der Waals surface area contributed by atoms with E-state index in [1.165, 1.54) is 5.56 Å². The zero-order chi connectivity index (χ0) is 25.5. The lowest BCUT2D eigenvalue weighted by Gasteiger charge is -2.34. The topological polar surface area (TPSA) is 50.8 Å². The molecule has 1 amide bonds. The van der Waals surface area contributed by atoms with Gasteiger partial charge in [-0.25, -0.2) is 0 Å². The first-order valence-corrected chi connectivity index (χ1v) is 13.0. The van der Waals surface area contributed by atoms with Crippen LogP contribution in [0.15, 0.2) is 66.7 Å². The highest BCUT2D eigenvalue weighted by atomic mass is 35.5. The minimum Gasteiger partial charge on any atom is -0.493 e. The molecule has 1 fully saturated rings. The van der Waals surface area contributed by atoms with Crippen molar-refractivity contribution in [2.24, 2.45) is 5.92 Å². The van der Waals surface area contributed by atoms with Gasteiger partial charge in [0.15, 0.2) is 18.1 Å². The summed E-state index contributed by atoms with van der Waals surface area (Å²) in [6.07, 6.45) is 3.33. The minimum absolute atomic E-state index is 0.195. The third kappa shape index (κ3) is 7.12. The monoisotopic (exact) mass is 542 g/mol. The molecule has 1 saturated heterocycles. The summed E-state index contributed by atoms with van der Waals surface area (Å²) in [5, 5.41) is 3.60. The van der Waals surface area contributed by atoms with Gasteiger partial charge in [0, 0.05) is 34.4 Å². The number of methoxy groups -OCH3 is 1. The van der Waals surface area contributed by atoms with E-state index in [1.54, 1.807) is 31.4 Å². The van der Waals surface area contributed by atoms with Crippen LogP contribution < -0.4 is 14.8 Å². The molecule has 0 bridgehead atoms. The lowest BCUT2D eigenvalue weighted by molar-refractivity contribution is -0.118. The quantitative estimate of drug-likeness (QED) is 0.323. The molecule has 0 radical (unpaired) electrons. The van der Waals surface area contributed by atoms with E-state index < -0.39 is 0 Å². The lowest BCUT2D eigenvalue weighted by Crippen LogP contribution is -2.38. The number of halogens is 2. The van der Waals surface area contributed by atoms with Gasteiger partial charge >= 0.3 is 0 Å². The average molecular weight is 544 g/mol. The van der Waals surface area contributed by atoms with Crippen LogP contribution in [0.5, 0.6) is 11.5 Å². The van der Waals surface area contributed by atoms with Crippen molar-refractivity contribution in [2.75, 3.05) is 32.1 Å². The van der Waals surface area contributed by atoms with Crippen molar-refractivity contribution in [1.29, 1.82) is 0 Å². The van der Waals surface area contributed by atoms with Crippen molar-refractivity contribution in [3.8, 4) is 11.5 Å². The second-order valence-electron chi connectivity index (χ2n) is 8.79. The molecule has 0 aliphatic carbocycles. The second-order valence-corrected chi connectivity index (χ2v) is 10.0. The number of likely N-dealkylation sites (tertiary alicyclic amines) is 1. The average Bonchev–Trinajstić information content (AvgIpc) is 2.87. The number of rotatable bonds is 8. The molecule has 0 atom stereocenters. The number of thiocarbonyl (C=S) groups is 1. The van der Waals surface area contributed by atoms with Crippen molar-refractivity contribution >= 4 is 52.0 Å². The maximum atomic E-state index is 12.3. The Labute approximate surface area is 227 Å². The molecule has 4 rings (SSSR count). The SMILES string of the molecule is COc1cc(C(=S)N2CCC(Cc3ccccc3)CC2)ccc1OCC(=O)Nc1cc(Cl)cc(Cl)c1. The summed E-state index contributed by atoms with van der Waals surface area (Å²) in [5.41, 5.74) is 2.79. The first kappa shape index (κ1) is 26.3. The number of amides is 1. The van der Waals surface area contributed by atoms with Gasteiger partial charge in [0.1, 0.15) is 4.99 Å². The Morgan fingerprint density at radius 3 is 2.36 bits per heavy atom. The third-order valence-corrected chi connectivity index (χ3v) is 7.11. The van der Waals surface area contributed by atoms with Crippen molar-refractivity contribution < 1.29 is 14.3 Å². The summed E-state index contributed by atoms with van der Waals surface area (Å²) < 4.78 is 11.2. The highest BCUT2D eigenvalue weighted by Gasteiger charge is 2.22. The molecule has 0 saturated carbocycles. The van der Waals surface area contributed by atoms with Crippen LogP contribution in [-0.2, 0) is 11.2 Å². The van der Waals surface area contributed by atoms with Crippen LogP contribution in [0.3, 0.4) is 0 Å². The predicted molar refractivity (Wildman–Crippen MR) is 150 cm³/mol. The molecule has 3 aromatic carbocycles. The number of benzene rings is 3. The Kier molecular flexibility index (Phi) is 9.08. The van der Waals surface area contributed by atoms with Crippen molar-refractivity contribution in [2.45, 2.75) is 19.3 Å². The van der Waals surface area contributed by atoms with Crippen LogP contribution in [0.2, 0.25) is 10.0 Å². The molecule has 1 heterocycles. The number of carbonyl (C=O) groups excluding carboxylic acids is 1. The van der Waals surface area contributed by atoms with E-state index in [1.807, 2.05) is 12.1 Å². The molecule has 3 aromatic rings. The standard InChI is InChI=1S/C28H28Cl2N2O3S/c1-34-26-14-21(28(36)32-11-9-20(10-12-32)13-19-5-3-2-4-6-19)7-8-25(26)35-18-27(33)31-24-16-22(29)15-23(30)17-24/h2-8,14-17,20H,9-13,18H2,1H3,(H,31,33). The summed E-state index contributed by atoms with van der Waals surface area (Å²) in [6, 6.07) is 21.0. The van der Waals surface area contributed by atoms with E-state index in [-0.39, 0.29) is 12.5 Å². The molecule has 188 valence electrons. The number of piperidine rings is 1. The number of anilines is 1. The summed E-state index contributed by atoms with van der Waals surface area (Å²) in [4.78, 5) is 15.4. The molecule has 1 aliphatic heterocycles. The smallest absolute Gasteiger partial charge is 0.262 e. The number of hydrogen-bond donors (Lipinski definition) is 1. The first-order valence-electron chi connectivity index (χ1n) is 11.8. The van der Waals surface area contributed by atoms with Gasteiger partial charge in [0.25, 0.3) is 5.91 Å². The fourth-order valence-corrected chi connectivity index (χ4v) is 5.19. The molecule has 1 aliphatic rings. The molecule has 5 nitrogen and oxygen atoms in total. The first-order chi connectivity index (χ1) is 17.4. The van der Waals surface area contributed by atoms with E-state index in [0.717, 1.165) is 42.9 Å². The zero-order valence-corrected chi connectivity index (χ0v) is 22.3. The Morgan fingerprint density at radius 2 is 1.69 bits per heavy atom. The van der Waals surface area contributed by atoms with Gasteiger partial charge in [-0.2, -0.15) is 0 Å². The molecule has 0 unspecified atom stereocenters. The number of nitrogens with one attached hydrogen (secondary N) is 1. The maximum Gasteiger partial charge on any atom is 0.262 e. The fraction of sp³-hybridized carbons (Fsp3) is 0.286. The largest absolute Gasteiger partial charge is 0.493 e. The van der Waals surface area contributed by atoms with Gasteiger partial charge < -0.3 is 19.7 Å². The van der Waals surface area contributed by atoms with Crippen molar-refractivity contribution in [3.63, 3.8) is 0 Å². The number of nitrogens with zero attached hydrogens (tertiary/aromatic N) is 1. The van der Waals surface area contributed by atoms with Crippen LogP contribution >= 0.6 is 35.4 Å². The summed E-state index contributed by atoms with van der Waals surface area (Å²) in [7, 11) is 1.57.